The molecule has 4 aromatic rings. The lowest BCUT2D eigenvalue weighted by Crippen LogP contribution is -2.34. The Morgan fingerprint density at radius 3 is 2.58 bits per heavy atom. The van der Waals surface area contributed by atoms with Gasteiger partial charge in [0.2, 0.25) is 6.39 Å². The molecule has 0 amide bonds. The van der Waals surface area contributed by atoms with Gasteiger partial charge in [-0.15, -0.1) is 10.2 Å². The molecule has 12 heteroatoms. The summed E-state index contributed by atoms with van der Waals surface area (Å²) in [5.41, 5.74) is -0.662. The fourth-order valence-corrected chi connectivity index (χ4v) is 3.24. The molecule has 1 unspecified atom stereocenters. The molecule has 0 fully saturated rings. The van der Waals surface area contributed by atoms with E-state index in [1.165, 1.54) is 23.8 Å². The highest BCUT2D eigenvalue weighted by atomic mass is 19.4. The topological polar surface area (TPSA) is 78.3 Å². The van der Waals surface area contributed by atoms with Crippen molar-refractivity contribution in [1.82, 2.24) is 24.6 Å². The van der Waals surface area contributed by atoms with Crippen molar-refractivity contribution in [2.24, 2.45) is 0 Å². The molecule has 0 saturated heterocycles. The summed E-state index contributed by atoms with van der Waals surface area (Å²) in [6.45, 7) is 1.98. The van der Waals surface area contributed by atoms with Gasteiger partial charge in [-0.25, -0.2) is 9.97 Å². The van der Waals surface area contributed by atoms with Gasteiger partial charge in [-0.05, 0) is 24.6 Å². The first kappa shape index (κ1) is 21.1. The van der Waals surface area contributed by atoms with Crippen LogP contribution in [0.15, 0.2) is 35.2 Å². The molecule has 1 atom stereocenters. The van der Waals surface area contributed by atoms with E-state index in [-0.39, 0.29) is 34.0 Å². The molecule has 4 rings (SSSR count). The van der Waals surface area contributed by atoms with Crippen molar-refractivity contribution in [3.8, 4) is 11.6 Å². The summed E-state index contributed by atoms with van der Waals surface area (Å²) >= 11 is 0. The highest BCUT2D eigenvalue weighted by molar-refractivity contribution is 5.84. The van der Waals surface area contributed by atoms with Crippen LogP contribution in [0.1, 0.15) is 30.5 Å². The number of halogens is 5. The molecular weight excluding hydrogens is 425 g/mol. The van der Waals surface area contributed by atoms with Gasteiger partial charge in [-0.3, -0.25) is 4.40 Å². The van der Waals surface area contributed by atoms with Gasteiger partial charge in [0.25, 0.3) is 5.89 Å². The number of nitrogens with zero attached hydrogens (tertiary/aromatic N) is 5. The summed E-state index contributed by atoms with van der Waals surface area (Å²) in [4.78, 5) is 8.67. The van der Waals surface area contributed by atoms with Crippen LogP contribution in [0.25, 0.3) is 28.3 Å². The van der Waals surface area contributed by atoms with E-state index >= 15 is 0 Å². The van der Waals surface area contributed by atoms with Gasteiger partial charge in [0, 0.05) is 42.5 Å². The zero-order valence-corrected chi connectivity index (χ0v) is 16.3. The number of methoxy groups -OCH3 is 1. The van der Waals surface area contributed by atoms with E-state index in [4.69, 9.17) is 9.15 Å². The number of alkyl halides is 5. The number of fused-ring (bicyclic) bond motifs is 3. The lowest BCUT2D eigenvalue weighted by Gasteiger charge is -2.23. The summed E-state index contributed by atoms with van der Waals surface area (Å²) in [5, 5.41) is 6.95. The molecule has 164 valence electrons. The average Bonchev–Trinajstić information content (AvgIpc) is 3.39. The molecule has 0 radical (unpaired) electrons. The maximum atomic E-state index is 14.5. The van der Waals surface area contributed by atoms with Crippen LogP contribution in [0.4, 0.5) is 22.0 Å². The van der Waals surface area contributed by atoms with Crippen molar-refractivity contribution in [3.05, 3.63) is 42.0 Å². The second-order valence-corrected chi connectivity index (χ2v) is 7.02. The normalized spacial score (nSPS) is 13.9. The minimum atomic E-state index is -5.77. The molecule has 0 spiro atoms. The summed E-state index contributed by atoms with van der Waals surface area (Å²) in [5.74, 6) is -5.43. The highest BCUT2D eigenvalue weighted by Gasteiger charge is 2.59. The van der Waals surface area contributed by atoms with Gasteiger partial charge in [0.15, 0.2) is 0 Å². The van der Waals surface area contributed by atoms with Crippen molar-refractivity contribution >= 4 is 16.7 Å². The van der Waals surface area contributed by atoms with Crippen molar-refractivity contribution in [1.29, 1.82) is 0 Å². The Labute approximate surface area is 171 Å². The van der Waals surface area contributed by atoms with Crippen molar-refractivity contribution in [2.45, 2.75) is 31.4 Å². The second kappa shape index (κ2) is 7.52. The first-order valence-electron chi connectivity index (χ1n) is 9.16. The van der Waals surface area contributed by atoms with E-state index in [2.05, 4.69) is 20.2 Å². The van der Waals surface area contributed by atoms with Crippen LogP contribution in [0.5, 0.6) is 0 Å². The van der Waals surface area contributed by atoms with Crippen LogP contribution in [0.2, 0.25) is 0 Å². The quantitative estimate of drug-likeness (QED) is 0.403. The lowest BCUT2D eigenvalue weighted by atomic mass is 9.97. The molecule has 4 aromatic heterocycles. The molecule has 31 heavy (non-hydrogen) atoms. The van der Waals surface area contributed by atoms with Crippen LogP contribution in [0, 0.1) is 0 Å². The minimum absolute atomic E-state index is 0.0716. The first-order valence-corrected chi connectivity index (χ1v) is 9.16. The molecule has 7 nitrogen and oxygen atoms in total. The molecule has 0 aliphatic heterocycles. The summed E-state index contributed by atoms with van der Waals surface area (Å²) in [7, 11) is 1.47. The average molecular weight is 441 g/mol. The molecule has 0 aromatic carbocycles. The van der Waals surface area contributed by atoms with E-state index < -0.39 is 23.6 Å². The second-order valence-electron chi connectivity index (χ2n) is 7.02. The van der Waals surface area contributed by atoms with Crippen molar-refractivity contribution < 1.29 is 31.1 Å². The Bertz CT molecular complexity index is 1220. The third-order valence-electron chi connectivity index (χ3n) is 4.95. The van der Waals surface area contributed by atoms with E-state index in [0.717, 1.165) is 18.5 Å². The molecule has 0 saturated carbocycles. The predicted octanol–water partition coefficient (Wildman–Crippen LogP) is 4.73. The van der Waals surface area contributed by atoms with Crippen LogP contribution >= 0.6 is 0 Å². The number of hydrogen-bond donors (Lipinski definition) is 0. The molecule has 0 N–H and O–H groups in total. The summed E-state index contributed by atoms with van der Waals surface area (Å²) < 4.78 is 80.1. The Morgan fingerprint density at radius 1 is 1.16 bits per heavy atom. The zero-order valence-electron chi connectivity index (χ0n) is 16.3. The van der Waals surface area contributed by atoms with Gasteiger partial charge >= 0.3 is 12.1 Å². The number of hydrogen-bond acceptors (Lipinski definition) is 6. The van der Waals surface area contributed by atoms with Gasteiger partial charge in [-0.2, -0.15) is 22.0 Å². The van der Waals surface area contributed by atoms with E-state index in [0.29, 0.717) is 13.0 Å². The fourth-order valence-electron chi connectivity index (χ4n) is 3.24. The SMILES string of the molecule is COCCC(C)c1cc(C(F)(F)C(F)(F)F)c2ccc3nc(-c4nnco4)cn3c2n1. The summed E-state index contributed by atoms with van der Waals surface area (Å²) in [6.07, 6.45) is -2.89. The molecular formula is C19H16F5N5O2. The number of pyridine rings is 2. The van der Waals surface area contributed by atoms with Crippen LogP contribution < -0.4 is 0 Å². The first-order chi connectivity index (χ1) is 14.6. The monoisotopic (exact) mass is 441 g/mol. The number of ether oxygens (including phenoxy) is 1. The Hall–Kier alpha value is -3.15. The number of rotatable bonds is 6. The highest BCUT2D eigenvalue weighted by Crippen LogP contribution is 2.46. The lowest BCUT2D eigenvalue weighted by molar-refractivity contribution is -0.288. The van der Waals surface area contributed by atoms with E-state index in [9.17, 15) is 22.0 Å². The molecule has 0 aliphatic carbocycles. The van der Waals surface area contributed by atoms with Crippen LogP contribution in [-0.4, -0.2) is 44.5 Å². The van der Waals surface area contributed by atoms with Crippen molar-refractivity contribution in [3.63, 3.8) is 0 Å². The molecule has 0 aliphatic rings. The smallest absolute Gasteiger partial charge is 0.422 e. The maximum absolute atomic E-state index is 14.5. The van der Waals surface area contributed by atoms with Crippen LogP contribution in [0.3, 0.4) is 0 Å². The van der Waals surface area contributed by atoms with Gasteiger partial charge < -0.3 is 9.15 Å². The number of aromatic nitrogens is 5. The maximum Gasteiger partial charge on any atom is 0.458 e. The predicted molar refractivity (Wildman–Crippen MR) is 98.6 cm³/mol. The Balaban J connectivity index is 2.00. The molecule has 0 bridgehead atoms. The standard InChI is InChI=1S/C19H16F5N5O2/c1-10(5-6-30-2)13-7-12(18(20,21)19(22,23)24)11-3-4-15-26-14(17-28-25-9-31-17)8-29(15)16(11)27-13/h3-4,7-10H,5-6H2,1-2H3. The Morgan fingerprint density at radius 2 is 1.94 bits per heavy atom. The van der Waals surface area contributed by atoms with E-state index in [1.807, 2.05) is 0 Å². The Kier molecular flexibility index (Phi) is 5.12. The zero-order chi connectivity index (χ0) is 22.4. The number of imidazole rings is 1. The van der Waals surface area contributed by atoms with Gasteiger partial charge in [-0.1, -0.05) is 6.92 Å². The van der Waals surface area contributed by atoms with Gasteiger partial charge in [0.1, 0.15) is 17.0 Å². The van der Waals surface area contributed by atoms with Gasteiger partial charge in [0.05, 0.1) is 0 Å². The molecule has 4 heterocycles. The fraction of sp³-hybridized carbons (Fsp3) is 0.368. The largest absolute Gasteiger partial charge is 0.458 e. The third-order valence-corrected chi connectivity index (χ3v) is 4.95. The minimum Gasteiger partial charge on any atom is -0.422 e. The van der Waals surface area contributed by atoms with E-state index in [1.54, 1.807) is 6.92 Å². The van der Waals surface area contributed by atoms with Crippen LogP contribution in [-0.2, 0) is 10.7 Å². The third kappa shape index (κ3) is 3.60. The summed E-state index contributed by atoms with van der Waals surface area (Å²) in [6, 6.07) is 3.30. The van der Waals surface area contributed by atoms with Crippen molar-refractivity contribution in [2.75, 3.05) is 13.7 Å².